The Morgan fingerprint density at radius 3 is 2.65 bits per heavy atom. The van der Waals surface area contributed by atoms with Crippen LogP contribution in [-0.4, -0.2) is 21.2 Å². The average Bonchev–Trinajstić information content (AvgIpc) is 2.92. The molecule has 108 valence electrons. The summed E-state index contributed by atoms with van der Waals surface area (Å²) in [6.45, 7) is 8.54. The second kappa shape index (κ2) is 5.58. The van der Waals surface area contributed by atoms with Gasteiger partial charge in [0.05, 0.1) is 14.9 Å². The predicted molar refractivity (Wildman–Crippen MR) is 83.4 cm³/mol. The Bertz CT molecular complexity index is 625. The van der Waals surface area contributed by atoms with Crippen LogP contribution < -0.4 is 5.32 Å². The van der Waals surface area contributed by atoms with Crippen molar-refractivity contribution < 1.29 is 4.79 Å². The Morgan fingerprint density at radius 2 is 2.15 bits per heavy atom. The van der Waals surface area contributed by atoms with Crippen molar-refractivity contribution in [2.75, 3.05) is 0 Å². The maximum absolute atomic E-state index is 12.2. The number of nitrogens with one attached hydrogen (secondary N) is 1. The Balaban J connectivity index is 2.34. The fraction of sp³-hybridized carbons (Fsp3) is 0.429. The number of amides is 1. The first-order chi connectivity index (χ1) is 9.30. The first kappa shape index (κ1) is 15.1. The van der Waals surface area contributed by atoms with E-state index in [0.717, 1.165) is 14.9 Å². The quantitative estimate of drug-likeness (QED) is 0.937. The molecule has 0 fully saturated rings. The molecule has 20 heavy (non-hydrogen) atoms. The van der Waals surface area contributed by atoms with E-state index in [1.165, 1.54) is 11.3 Å². The summed E-state index contributed by atoms with van der Waals surface area (Å²) in [5, 5.41) is 7.29. The molecule has 2 rings (SSSR count). The number of thiophene rings is 1. The highest BCUT2D eigenvalue weighted by Crippen LogP contribution is 2.31. The van der Waals surface area contributed by atoms with Gasteiger partial charge in [-0.3, -0.25) is 9.48 Å². The van der Waals surface area contributed by atoms with Crippen LogP contribution in [0.4, 0.5) is 0 Å². The molecule has 2 heterocycles. The lowest BCUT2D eigenvalue weighted by Crippen LogP contribution is -2.40. The minimum absolute atomic E-state index is 0.159. The van der Waals surface area contributed by atoms with Gasteiger partial charge in [0.25, 0.3) is 5.91 Å². The second-order valence-electron chi connectivity index (χ2n) is 5.54. The first-order valence-corrected chi connectivity index (χ1v) is 7.65. The van der Waals surface area contributed by atoms with Crippen LogP contribution in [0, 0.1) is 0 Å². The lowest BCUT2D eigenvalue weighted by Gasteiger charge is -2.19. The normalized spacial score (nSPS) is 11.7. The van der Waals surface area contributed by atoms with Crippen LogP contribution in [0.5, 0.6) is 0 Å². The van der Waals surface area contributed by atoms with Gasteiger partial charge in [0.15, 0.2) is 5.69 Å². The summed E-state index contributed by atoms with van der Waals surface area (Å²) in [6, 6.07) is 5.61. The Hall–Kier alpha value is -1.33. The molecule has 0 saturated carbocycles. The molecule has 2 aromatic heterocycles. The van der Waals surface area contributed by atoms with E-state index in [2.05, 4.69) is 10.4 Å². The van der Waals surface area contributed by atoms with Gasteiger partial charge >= 0.3 is 0 Å². The molecule has 0 atom stereocenters. The number of halogens is 1. The molecule has 0 bridgehead atoms. The van der Waals surface area contributed by atoms with Gasteiger partial charge in [0.1, 0.15) is 0 Å². The third-order valence-electron chi connectivity index (χ3n) is 2.63. The number of nitrogens with zero attached hydrogens (tertiary/aromatic N) is 2. The smallest absolute Gasteiger partial charge is 0.272 e. The van der Waals surface area contributed by atoms with Crippen molar-refractivity contribution in [1.29, 1.82) is 0 Å². The van der Waals surface area contributed by atoms with Crippen LogP contribution in [0.3, 0.4) is 0 Å². The third kappa shape index (κ3) is 3.41. The molecule has 0 spiro atoms. The highest BCUT2D eigenvalue weighted by Gasteiger charge is 2.20. The minimum Gasteiger partial charge on any atom is -0.346 e. The van der Waals surface area contributed by atoms with Crippen LogP contribution in [0.2, 0.25) is 4.34 Å². The van der Waals surface area contributed by atoms with Crippen molar-refractivity contribution in [3.8, 4) is 10.6 Å². The van der Waals surface area contributed by atoms with Crippen LogP contribution in [0.25, 0.3) is 10.6 Å². The number of hydrogen-bond acceptors (Lipinski definition) is 3. The fourth-order valence-corrected chi connectivity index (χ4v) is 2.89. The predicted octanol–water partition coefficient (Wildman–Crippen LogP) is 3.81. The Morgan fingerprint density at radius 1 is 1.45 bits per heavy atom. The zero-order valence-electron chi connectivity index (χ0n) is 12.0. The van der Waals surface area contributed by atoms with E-state index in [-0.39, 0.29) is 11.4 Å². The molecular formula is C14H18ClN3OS. The monoisotopic (exact) mass is 311 g/mol. The lowest BCUT2D eigenvalue weighted by atomic mass is 10.1. The molecule has 0 unspecified atom stereocenters. The topological polar surface area (TPSA) is 46.9 Å². The van der Waals surface area contributed by atoms with Gasteiger partial charge in [-0.1, -0.05) is 11.6 Å². The molecule has 0 aliphatic rings. The van der Waals surface area contributed by atoms with Crippen LogP contribution in [0.15, 0.2) is 18.2 Å². The number of rotatable bonds is 3. The molecule has 2 aromatic rings. The molecule has 0 saturated heterocycles. The second-order valence-corrected chi connectivity index (χ2v) is 7.25. The fourth-order valence-electron chi connectivity index (χ4n) is 1.82. The molecule has 0 aliphatic heterocycles. The van der Waals surface area contributed by atoms with Gasteiger partial charge in [0, 0.05) is 12.1 Å². The van der Waals surface area contributed by atoms with Gasteiger partial charge < -0.3 is 5.32 Å². The van der Waals surface area contributed by atoms with Crippen molar-refractivity contribution in [1.82, 2.24) is 15.1 Å². The summed E-state index contributed by atoms with van der Waals surface area (Å²) in [7, 11) is 0. The molecular weight excluding hydrogens is 294 g/mol. The van der Waals surface area contributed by atoms with Gasteiger partial charge in [-0.25, -0.2) is 0 Å². The largest absolute Gasteiger partial charge is 0.346 e. The summed E-state index contributed by atoms with van der Waals surface area (Å²) in [5.41, 5.74) is 1.07. The number of aryl methyl sites for hydroxylation is 1. The van der Waals surface area contributed by atoms with E-state index in [1.807, 2.05) is 50.6 Å². The Labute approximate surface area is 127 Å². The van der Waals surface area contributed by atoms with Gasteiger partial charge in [0.2, 0.25) is 0 Å². The summed E-state index contributed by atoms with van der Waals surface area (Å²) < 4.78 is 2.55. The molecule has 4 nitrogen and oxygen atoms in total. The molecule has 1 amide bonds. The number of carbonyl (C=O) groups is 1. The first-order valence-electron chi connectivity index (χ1n) is 6.46. The highest BCUT2D eigenvalue weighted by atomic mass is 35.5. The van der Waals surface area contributed by atoms with Gasteiger partial charge in [-0.2, -0.15) is 5.10 Å². The molecule has 0 aromatic carbocycles. The van der Waals surface area contributed by atoms with Crippen molar-refractivity contribution in [2.45, 2.75) is 39.8 Å². The molecule has 1 N–H and O–H groups in total. The SMILES string of the molecule is CCn1nc(C(=O)NC(C)(C)C)cc1-c1ccc(Cl)s1. The zero-order chi connectivity index (χ0) is 14.9. The van der Waals surface area contributed by atoms with Gasteiger partial charge in [-0.05, 0) is 45.9 Å². The maximum atomic E-state index is 12.2. The highest BCUT2D eigenvalue weighted by molar-refractivity contribution is 7.19. The summed E-state index contributed by atoms with van der Waals surface area (Å²) in [6.07, 6.45) is 0. The van der Waals surface area contributed by atoms with Crippen molar-refractivity contribution >= 4 is 28.8 Å². The van der Waals surface area contributed by atoms with Crippen molar-refractivity contribution in [3.05, 3.63) is 28.2 Å². The average molecular weight is 312 g/mol. The van der Waals surface area contributed by atoms with Gasteiger partial charge in [-0.15, -0.1) is 11.3 Å². The third-order valence-corrected chi connectivity index (χ3v) is 3.88. The minimum atomic E-state index is -0.278. The molecule has 0 radical (unpaired) electrons. The summed E-state index contributed by atoms with van der Waals surface area (Å²) >= 11 is 7.45. The van der Waals surface area contributed by atoms with E-state index in [9.17, 15) is 4.79 Å². The van der Waals surface area contributed by atoms with Crippen molar-refractivity contribution in [2.24, 2.45) is 0 Å². The Kier molecular flexibility index (Phi) is 4.20. The molecule has 0 aliphatic carbocycles. The van der Waals surface area contributed by atoms with E-state index < -0.39 is 0 Å². The van der Waals surface area contributed by atoms with Crippen molar-refractivity contribution in [3.63, 3.8) is 0 Å². The molecule has 6 heteroatoms. The maximum Gasteiger partial charge on any atom is 0.272 e. The zero-order valence-corrected chi connectivity index (χ0v) is 13.6. The van der Waals surface area contributed by atoms with E-state index >= 15 is 0 Å². The van der Waals surface area contributed by atoms with Crippen LogP contribution in [-0.2, 0) is 6.54 Å². The van der Waals surface area contributed by atoms with E-state index in [4.69, 9.17) is 11.6 Å². The van der Waals surface area contributed by atoms with E-state index in [0.29, 0.717) is 12.2 Å². The summed E-state index contributed by atoms with van der Waals surface area (Å²) in [4.78, 5) is 13.2. The summed E-state index contributed by atoms with van der Waals surface area (Å²) in [5.74, 6) is -0.159. The standard InChI is InChI=1S/C14H18ClN3OS/c1-5-18-10(11-6-7-12(15)20-11)8-9(17-18)13(19)16-14(2,3)4/h6-8H,5H2,1-4H3,(H,16,19). The number of carbonyl (C=O) groups excluding carboxylic acids is 1. The van der Waals surface area contributed by atoms with Crippen LogP contribution >= 0.6 is 22.9 Å². The number of hydrogen-bond donors (Lipinski definition) is 1. The lowest BCUT2D eigenvalue weighted by molar-refractivity contribution is 0.0913. The van der Waals surface area contributed by atoms with Crippen LogP contribution in [0.1, 0.15) is 38.2 Å². The van der Waals surface area contributed by atoms with E-state index in [1.54, 1.807) is 0 Å². The number of aromatic nitrogens is 2.